The molecule has 0 saturated heterocycles. The van der Waals surface area contributed by atoms with Crippen LogP contribution in [0.15, 0.2) is 29.4 Å². The van der Waals surface area contributed by atoms with Crippen LogP contribution in [0.25, 0.3) is 0 Å². The minimum atomic E-state index is 0.151. The molecule has 2 rings (SSSR count). The Balaban J connectivity index is 1.96. The number of methoxy groups -OCH3 is 1. The first kappa shape index (κ1) is 13.8. The summed E-state index contributed by atoms with van der Waals surface area (Å²) in [6, 6.07) is 8.16. The van der Waals surface area contributed by atoms with Gasteiger partial charge in [0.2, 0.25) is 0 Å². The molecular formula is C14H21N3O2. The van der Waals surface area contributed by atoms with Gasteiger partial charge in [0.05, 0.1) is 6.10 Å². The van der Waals surface area contributed by atoms with Gasteiger partial charge in [-0.1, -0.05) is 29.4 Å². The van der Waals surface area contributed by atoms with Gasteiger partial charge < -0.3 is 21.0 Å². The molecule has 0 amide bonds. The number of ether oxygens (including phenoxy) is 1. The van der Waals surface area contributed by atoms with Crippen LogP contribution < -0.4 is 11.1 Å². The summed E-state index contributed by atoms with van der Waals surface area (Å²) in [5, 5.41) is 15.4. The molecule has 2 atom stereocenters. The van der Waals surface area contributed by atoms with E-state index in [4.69, 9.17) is 15.7 Å². The molecule has 1 saturated carbocycles. The summed E-state index contributed by atoms with van der Waals surface area (Å²) in [7, 11) is 1.76. The Hall–Kier alpha value is -1.59. The third-order valence-corrected chi connectivity index (χ3v) is 3.70. The lowest BCUT2D eigenvalue weighted by atomic mass is 10.1. The van der Waals surface area contributed by atoms with Crippen molar-refractivity contribution in [2.75, 3.05) is 7.11 Å². The molecule has 5 heteroatoms. The molecule has 0 spiro atoms. The zero-order valence-electron chi connectivity index (χ0n) is 11.2. The second-order valence-electron chi connectivity index (χ2n) is 4.89. The van der Waals surface area contributed by atoms with Gasteiger partial charge in [-0.2, -0.15) is 0 Å². The van der Waals surface area contributed by atoms with Crippen molar-refractivity contribution in [3.05, 3.63) is 35.4 Å². The van der Waals surface area contributed by atoms with Crippen LogP contribution in [0.5, 0.6) is 0 Å². The second-order valence-corrected chi connectivity index (χ2v) is 4.89. The molecule has 19 heavy (non-hydrogen) atoms. The number of hydrogen-bond acceptors (Lipinski definition) is 4. The Morgan fingerprint density at radius 2 is 2.26 bits per heavy atom. The lowest BCUT2D eigenvalue weighted by molar-refractivity contribution is 0.107. The number of oxime groups is 1. The number of nitrogens with two attached hydrogens (primary N) is 1. The van der Waals surface area contributed by atoms with Crippen molar-refractivity contribution in [1.82, 2.24) is 5.32 Å². The number of nitrogens with zero attached hydrogens (tertiary/aromatic N) is 1. The first-order chi connectivity index (χ1) is 9.24. The van der Waals surface area contributed by atoms with Crippen LogP contribution >= 0.6 is 0 Å². The molecule has 1 fully saturated rings. The average Bonchev–Trinajstić information content (AvgIpc) is 2.92. The average molecular weight is 263 g/mol. The van der Waals surface area contributed by atoms with Crippen LogP contribution in [-0.2, 0) is 11.3 Å². The summed E-state index contributed by atoms with van der Waals surface area (Å²) >= 11 is 0. The van der Waals surface area contributed by atoms with Crippen LogP contribution in [-0.4, -0.2) is 30.3 Å². The van der Waals surface area contributed by atoms with E-state index < -0.39 is 0 Å². The van der Waals surface area contributed by atoms with E-state index >= 15 is 0 Å². The van der Waals surface area contributed by atoms with Gasteiger partial charge in [0, 0.05) is 25.3 Å². The van der Waals surface area contributed by atoms with E-state index in [2.05, 4.69) is 10.5 Å². The molecule has 1 aliphatic rings. The van der Waals surface area contributed by atoms with Crippen molar-refractivity contribution < 1.29 is 9.94 Å². The molecule has 0 bridgehead atoms. The molecule has 1 aromatic carbocycles. The van der Waals surface area contributed by atoms with Crippen molar-refractivity contribution in [2.24, 2.45) is 10.9 Å². The largest absolute Gasteiger partial charge is 0.409 e. The van der Waals surface area contributed by atoms with Crippen LogP contribution in [0.1, 0.15) is 30.4 Å². The van der Waals surface area contributed by atoms with Crippen molar-refractivity contribution in [3.8, 4) is 0 Å². The Morgan fingerprint density at radius 3 is 2.95 bits per heavy atom. The molecular weight excluding hydrogens is 242 g/mol. The number of amidine groups is 1. The Bertz CT molecular complexity index is 448. The zero-order valence-corrected chi connectivity index (χ0v) is 11.2. The maximum Gasteiger partial charge on any atom is 0.170 e. The highest BCUT2D eigenvalue weighted by atomic mass is 16.5. The topological polar surface area (TPSA) is 79.9 Å². The third kappa shape index (κ3) is 3.45. The number of benzene rings is 1. The van der Waals surface area contributed by atoms with Gasteiger partial charge in [0.15, 0.2) is 5.84 Å². The van der Waals surface area contributed by atoms with E-state index in [1.165, 1.54) is 0 Å². The normalized spacial score (nSPS) is 23.7. The fourth-order valence-electron chi connectivity index (χ4n) is 2.57. The predicted molar refractivity (Wildman–Crippen MR) is 74.2 cm³/mol. The fraction of sp³-hybridized carbons (Fsp3) is 0.500. The zero-order chi connectivity index (χ0) is 13.7. The molecule has 5 nitrogen and oxygen atoms in total. The number of rotatable bonds is 5. The predicted octanol–water partition coefficient (Wildman–Crippen LogP) is 1.44. The SMILES string of the molecule is COC1CCC(NCc2ccccc2/C(N)=N/O)C1. The van der Waals surface area contributed by atoms with Crippen molar-refractivity contribution in [2.45, 2.75) is 38.0 Å². The van der Waals surface area contributed by atoms with E-state index in [0.717, 1.165) is 30.4 Å². The van der Waals surface area contributed by atoms with Crippen LogP contribution in [0, 0.1) is 0 Å². The van der Waals surface area contributed by atoms with Crippen molar-refractivity contribution in [3.63, 3.8) is 0 Å². The highest BCUT2D eigenvalue weighted by molar-refractivity contribution is 5.98. The van der Waals surface area contributed by atoms with Crippen LogP contribution in [0.2, 0.25) is 0 Å². The highest BCUT2D eigenvalue weighted by Crippen LogP contribution is 2.22. The fourth-order valence-corrected chi connectivity index (χ4v) is 2.57. The first-order valence-corrected chi connectivity index (χ1v) is 6.56. The summed E-state index contributed by atoms with van der Waals surface area (Å²) in [6.45, 7) is 0.716. The van der Waals surface area contributed by atoms with Crippen LogP contribution in [0.4, 0.5) is 0 Å². The molecule has 0 aliphatic heterocycles. The van der Waals surface area contributed by atoms with Crippen LogP contribution in [0.3, 0.4) is 0 Å². The van der Waals surface area contributed by atoms with E-state index in [1.807, 2.05) is 24.3 Å². The van der Waals surface area contributed by atoms with Gasteiger partial charge in [-0.05, 0) is 24.8 Å². The summed E-state index contributed by atoms with van der Waals surface area (Å²) < 4.78 is 5.36. The summed E-state index contributed by atoms with van der Waals surface area (Å²) in [5.41, 5.74) is 7.49. The van der Waals surface area contributed by atoms with Gasteiger partial charge >= 0.3 is 0 Å². The molecule has 1 aromatic rings. The Labute approximate surface area is 113 Å². The summed E-state index contributed by atoms with van der Waals surface area (Å²) in [4.78, 5) is 0. The Kier molecular flexibility index (Phi) is 4.76. The van der Waals surface area contributed by atoms with Gasteiger partial charge in [0.25, 0.3) is 0 Å². The second kappa shape index (κ2) is 6.54. The lowest BCUT2D eigenvalue weighted by Crippen LogP contribution is -2.28. The van der Waals surface area contributed by atoms with Gasteiger partial charge in [-0.25, -0.2) is 0 Å². The van der Waals surface area contributed by atoms with Gasteiger partial charge in [0.1, 0.15) is 0 Å². The molecule has 4 N–H and O–H groups in total. The van der Waals surface area contributed by atoms with E-state index in [0.29, 0.717) is 18.7 Å². The molecule has 104 valence electrons. The van der Waals surface area contributed by atoms with E-state index in [-0.39, 0.29) is 5.84 Å². The molecule has 1 aliphatic carbocycles. The van der Waals surface area contributed by atoms with Crippen molar-refractivity contribution in [1.29, 1.82) is 0 Å². The quantitative estimate of drug-likeness (QED) is 0.325. The third-order valence-electron chi connectivity index (χ3n) is 3.70. The Morgan fingerprint density at radius 1 is 1.47 bits per heavy atom. The highest BCUT2D eigenvalue weighted by Gasteiger charge is 2.23. The van der Waals surface area contributed by atoms with Crippen molar-refractivity contribution >= 4 is 5.84 Å². The monoisotopic (exact) mass is 263 g/mol. The molecule has 0 radical (unpaired) electrons. The number of nitrogens with one attached hydrogen (secondary N) is 1. The first-order valence-electron chi connectivity index (χ1n) is 6.56. The summed E-state index contributed by atoms with van der Waals surface area (Å²) in [6.07, 6.45) is 3.65. The maximum atomic E-state index is 8.79. The minimum absolute atomic E-state index is 0.151. The van der Waals surface area contributed by atoms with E-state index in [9.17, 15) is 0 Å². The molecule has 0 heterocycles. The smallest absolute Gasteiger partial charge is 0.170 e. The number of hydrogen-bond donors (Lipinski definition) is 3. The maximum absolute atomic E-state index is 8.79. The van der Waals surface area contributed by atoms with Gasteiger partial charge in [-0.15, -0.1) is 0 Å². The molecule has 0 aromatic heterocycles. The minimum Gasteiger partial charge on any atom is -0.409 e. The van der Waals surface area contributed by atoms with Gasteiger partial charge in [-0.3, -0.25) is 0 Å². The summed E-state index contributed by atoms with van der Waals surface area (Å²) in [5.74, 6) is 0.151. The lowest BCUT2D eigenvalue weighted by Gasteiger charge is -2.14. The molecule has 2 unspecified atom stereocenters. The van der Waals surface area contributed by atoms with E-state index in [1.54, 1.807) is 7.11 Å². The standard InChI is InChI=1S/C14H21N3O2/c1-19-12-7-6-11(8-12)16-9-10-4-2-3-5-13(10)14(15)17-18/h2-5,11-12,16,18H,6-9H2,1H3,(H2,15,17).